The first kappa shape index (κ1) is 26.4. The van der Waals surface area contributed by atoms with Crippen molar-refractivity contribution in [2.24, 2.45) is 5.92 Å². The maximum Gasteiger partial charge on any atom is 0.328 e. The van der Waals surface area contributed by atoms with Gasteiger partial charge in [-0.3, -0.25) is 9.59 Å². The summed E-state index contributed by atoms with van der Waals surface area (Å²) < 4.78 is 31.7. The third kappa shape index (κ3) is 6.80. The van der Waals surface area contributed by atoms with Gasteiger partial charge in [0.2, 0.25) is 11.8 Å². The van der Waals surface area contributed by atoms with Crippen molar-refractivity contribution in [3.63, 3.8) is 0 Å². The van der Waals surface area contributed by atoms with Crippen molar-refractivity contribution in [1.29, 1.82) is 0 Å². The van der Waals surface area contributed by atoms with Crippen LogP contribution in [0.5, 0.6) is 0 Å². The Hall–Kier alpha value is -2.89. The zero-order valence-corrected chi connectivity index (χ0v) is 19.6. The highest BCUT2D eigenvalue weighted by Gasteiger charge is 2.43. The first-order valence-corrected chi connectivity index (χ1v) is 11.7. The summed E-state index contributed by atoms with van der Waals surface area (Å²) in [5.41, 5.74) is -0.242. The van der Waals surface area contributed by atoms with Crippen molar-refractivity contribution in [1.82, 2.24) is 15.5 Å². The Morgan fingerprint density at radius 1 is 1.24 bits per heavy atom. The molecule has 0 saturated carbocycles. The van der Waals surface area contributed by atoms with Gasteiger partial charge in [-0.15, -0.1) is 0 Å². The minimum atomic E-state index is -1.08. The van der Waals surface area contributed by atoms with Crippen molar-refractivity contribution in [3.8, 4) is 0 Å². The minimum Gasteiger partial charge on any atom is -0.467 e. The fourth-order valence-corrected chi connectivity index (χ4v) is 3.95. The van der Waals surface area contributed by atoms with Crippen LogP contribution >= 0.6 is 11.8 Å². The largest absolute Gasteiger partial charge is 0.467 e. The van der Waals surface area contributed by atoms with E-state index >= 15 is 0 Å². The molecule has 1 aliphatic heterocycles. The number of anilines is 1. The number of ether oxygens (including phenoxy) is 1. The minimum absolute atomic E-state index is 0.133. The van der Waals surface area contributed by atoms with Gasteiger partial charge in [0.05, 0.1) is 24.6 Å². The average molecular weight is 487 g/mol. The van der Waals surface area contributed by atoms with Crippen LogP contribution in [0.3, 0.4) is 0 Å². The van der Waals surface area contributed by atoms with E-state index in [2.05, 4.69) is 16.0 Å². The molecule has 182 valence electrons. The summed E-state index contributed by atoms with van der Waals surface area (Å²) in [6, 6.07) is -0.959. The lowest BCUT2D eigenvalue weighted by atomic mass is 10.0. The third-order valence-corrected chi connectivity index (χ3v) is 5.71. The van der Waals surface area contributed by atoms with Crippen LogP contribution in [0.25, 0.3) is 0 Å². The molecule has 12 heteroatoms. The molecule has 1 heterocycles. The number of nitrogens with one attached hydrogen (secondary N) is 3. The van der Waals surface area contributed by atoms with Crippen LogP contribution in [0, 0.1) is 17.6 Å². The Bertz CT molecular complexity index is 901. The number of likely N-dealkylation sites (tertiary alicyclic amines) is 1. The van der Waals surface area contributed by atoms with E-state index in [4.69, 9.17) is 4.74 Å². The van der Waals surface area contributed by atoms with Gasteiger partial charge in [-0.25, -0.2) is 18.4 Å². The van der Waals surface area contributed by atoms with Gasteiger partial charge in [-0.2, -0.15) is 11.8 Å². The fraction of sp³-hybridized carbons (Fsp3) is 0.524. The number of esters is 1. The van der Waals surface area contributed by atoms with Gasteiger partial charge in [0.15, 0.2) is 0 Å². The van der Waals surface area contributed by atoms with E-state index in [9.17, 15) is 28.0 Å². The number of thioether (sulfide) groups is 1. The van der Waals surface area contributed by atoms with E-state index in [1.165, 1.54) is 23.8 Å². The second-order valence-corrected chi connectivity index (χ2v) is 8.70. The molecule has 3 unspecified atom stereocenters. The van der Waals surface area contributed by atoms with E-state index in [0.717, 1.165) is 12.1 Å². The quantitative estimate of drug-likeness (QED) is 0.482. The Morgan fingerprint density at radius 2 is 1.94 bits per heavy atom. The van der Waals surface area contributed by atoms with E-state index in [1.807, 2.05) is 0 Å². The van der Waals surface area contributed by atoms with Crippen molar-refractivity contribution < 1.29 is 32.7 Å². The standard InChI is InChI=1S/C21H28F2N4O5S/c1-11(2)17(20(30)32-3)26-19(29)18-15(7-8-27(18)16(28)10-33-4)25-21(31)24-14-6-5-12(22)9-13(14)23/h5-6,9,11,15,17-18H,7-8,10H2,1-4H3,(H,26,29)(H2,24,25,31). The molecule has 3 atom stereocenters. The molecule has 9 nitrogen and oxygen atoms in total. The van der Waals surface area contributed by atoms with Gasteiger partial charge >= 0.3 is 12.0 Å². The number of nitrogens with zero attached hydrogens (tertiary/aromatic N) is 1. The molecule has 0 aromatic heterocycles. The zero-order chi connectivity index (χ0) is 24.7. The second kappa shape index (κ2) is 11.8. The van der Waals surface area contributed by atoms with Crippen molar-refractivity contribution in [3.05, 3.63) is 29.8 Å². The summed E-state index contributed by atoms with van der Waals surface area (Å²) in [6.07, 6.45) is 2.01. The lowest BCUT2D eigenvalue weighted by Crippen LogP contribution is -2.58. The van der Waals surface area contributed by atoms with Gasteiger partial charge in [0.1, 0.15) is 23.7 Å². The molecule has 0 radical (unpaired) electrons. The number of carbonyl (C=O) groups is 4. The van der Waals surface area contributed by atoms with Gasteiger partial charge in [0, 0.05) is 12.6 Å². The number of hydrogen-bond donors (Lipinski definition) is 3. The summed E-state index contributed by atoms with van der Waals surface area (Å²) in [4.78, 5) is 51.6. The van der Waals surface area contributed by atoms with Gasteiger partial charge < -0.3 is 25.6 Å². The first-order valence-electron chi connectivity index (χ1n) is 10.3. The molecule has 1 aromatic rings. The van der Waals surface area contributed by atoms with E-state index in [1.54, 1.807) is 20.1 Å². The average Bonchev–Trinajstić information content (AvgIpc) is 3.16. The van der Waals surface area contributed by atoms with Crippen LogP contribution in [0.15, 0.2) is 18.2 Å². The van der Waals surface area contributed by atoms with Crippen molar-refractivity contribution in [2.45, 2.75) is 38.4 Å². The zero-order valence-electron chi connectivity index (χ0n) is 18.8. The Kier molecular flexibility index (Phi) is 9.44. The molecular weight excluding hydrogens is 458 g/mol. The number of benzene rings is 1. The summed E-state index contributed by atoms with van der Waals surface area (Å²) in [7, 11) is 1.21. The molecule has 1 saturated heterocycles. The van der Waals surface area contributed by atoms with Crippen LogP contribution < -0.4 is 16.0 Å². The van der Waals surface area contributed by atoms with E-state index in [0.29, 0.717) is 6.07 Å². The maximum absolute atomic E-state index is 13.9. The second-order valence-electron chi connectivity index (χ2n) is 7.84. The Morgan fingerprint density at radius 3 is 2.52 bits per heavy atom. The SMILES string of the molecule is COC(=O)C(NC(=O)C1C(NC(=O)Nc2ccc(F)cc2F)CCN1C(=O)CSC)C(C)C. The van der Waals surface area contributed by atoms with Crippen LogP contribution in [-0.4, -0.2) is 72.5 Å². The number of methoxy groups -OCH3 is 1. The highest BCUT2D eigenvalue weighted by atomic mass is 32.2. The normalized spacial score (nSPS) is 18.6. The van der Waals surface area contributed by atoms with Crippen molar-refractivity contribution in [2.75, 3.05) is 31.0 Å². The monoisotopic (exact) mass is 486 g/mol. The molecule has 2 rings (SSSR count). The number of hydrogen-bond acceptors (Lipinski definition) is 6. The molecule has 1 fully saturated rings. The number of rotatable bonds is 8. The molecule has 3 N–H and O–H groups in total. The molecule has 0 bridgehead atoms. The highest BCUT2D eigenvalue weighted by Crippen LogP contribution is 2.21. The summed E-state index contributed by atoms with van der Waals surface area (Å²) in [6.45, 7) is 3.67. The molecule has 0 aliphatic carbocycles. The Labute approximate surface area is 195 Å². The predicted octanol–water partition coefficient (Wildman–Crippen LogP) is 1.73. The van der Waals surface area contributed by atoms with Gasteiger partial charge in [0.25, 0.3) is 0 Å². The van der Waals surface area contributed by atoms with Gasteiger partial charge in [-0.1, -0.05) is 13.8 Å². The number of amides is 4. The molecule has 33 heavy (non-hydrogen) atoms. The summed E-state index contributed by atoms with van der Waals surface area (Å²) in [5, 5.41) is 7.48. The third-order valence-electron chi connectivity index (χ3n) is 5.17. The lowest BCUT2D eigenvalue weighted by Gasteiger charge is -2.30. The van der Waals surface area contributed by atoms with Crippen molar-refractivity contribution >= 4 is 41.3 Å². The van der Waals surface area contributed by atoms with Crippen LogP contribution in [0.4, 0.5) is 19.3 Å². The highest BCUT2D eigenvalue weighted by molar-refractivity contribution is 7.99. The summed E-state index contributed by atoms with van der Waals surface area (Å²) >= 11 is 1.29. The first-order chi connectivity index (χ1) is 15.6. The maximum atomic E-state index is 13.9. The fourth-order valence-electron chi connectivity index (χ4n) is 3.53. The number of halogens is 2. The molecule has 0 spiro atoms. The molecular formula is C21H28F2N4O5S. The smallest absolute Gasteiger partial charge is 0.328 e. The number of carbonyl (C=O) groups excluding carboxylic acids is 4. The van der Waals surface area contributed by atoms with E-state index in [-0.39, 0.29) is 36.2 Å². The topological polar surface area (TPSA) is 117 Å². The van der Waals surface area contributed by atoms with Crippen LogP contribution in [0.2, 0.25) is 0 Å². The molecule has 1 aromatic carbocycles. The van der Waals surface area contributed by atoms with Crippen LogP contribution in [-0.2, 0) is 19.1 Å². The van der Waals surface area contributed by atoms with Gasteiger partial charge in [-0.05, 0) is 30.7 Å². The van der Waals surface area contributed by atoms with Crippen LogP contribution in [0.1, 0.15) is 20.3 Å². The van der Waals surface area contributed by atoms with E-state index < -0.39 is 47.7 Å². The molecule has 4 amide bonds. The lowest BCUT2D eigenvalue weighted by molar-refractivity contribution is -0.147. The summed E-state index contributed by atoms with van der Waals surface area (Å²) in [5.74, 6) is -3.45. The number of urea groups is 1. The Balaban J connectivity index is 2.20. The predicted molar refractivity (Wildman–Crippen MR) is 120 cm³/mol. The molecule has 1 aliphatic rings.